The molecule has 0 saturated heterocycles. The first-order chi connectivity index (χ1) is 3.42. The molecule has 0 aliphatic rings. The summed E-state index contributed by atoms with van der Waals surface area (Å²) in [7, 11) is -1.13. The normalized spacial score (nSPS) is 11.3. The maximum Gasteiger partial charge on any atom is 0.0172 e. The molecule has 0 saturated carbocycles. The molecule has 0 aromatic heterocycles. The Morgan fingerprint density at radius 1 is 1.33 bits per heavy atom. The van der Waals surface area contributed by atoms with Gasteiger partial charge in [0, 0.05) is 40.8 Å². The van der Waals surface area contributed by atoms with E-state index < -0.39 is 8.07 Å². The van der Waals surface area contributed by atoms with Gasteiger partial charge in [-0.1, -0.05) is 19.6 Å². The predicted octanol–water partition coefficient (Wildman–Crippen LogP) is 2.84. The average molecular weight is 222 g/mol. The molecule has 53 valence electrons. The van der Waals surface area contributed by atoms with Crippen molar-refractivity contribution in [2.24, 2.45) is 0 Å². The van der Waals surface area contributed by atoms with Crippen LogP contribution in [0.2, 0.25) is 25.7 Å². The summed E-state index contributed by atoms with van der Waals surface area (Å²) in [6.07, 6.45) is 0.0872. The molecule has 0 heterocycles. The molecule has 0 spiro atoms. The van der Waals surface area contributed by atoms with Crippen LogP contribution in [-0.2, 0) is 32.7 Å². The number of rotatable bonds is 2. The van der Waals surface area contributed by atoms with Gasteiger partial charge in [0.2, 0.25) is 0 Å². The van der Waals surface area contributed by atoms with Crippen LogP contribution in [0.4, 0.5) is 4.39 Å². The number of hydrogen-bond donors (Lipinski definition) is 0. The first kappa shape index (κ1) is 12.9. The van der Waals surface area contributed by atoms with Gasteiger partial charge in [-0.25, -0.2) is 0 Å². The first-order valence-corrected chi connectivity index (χ1v) is 6.60. The van der Waals surface area contributed by atoms with Crippen LogP contribution < -0.4 is 0 Å². The van der Waals surface area contributed by atoms with E-state index in [1.165, 1.54) is 0 Å². The molecule has 0 bridgehead atoms. The fraction of sp³-hybridized carbons (Fsp3) is 0.833. The molecule has 3 heteroatoms. The second-order valence-electron chi connectivity index (χ2n) is 3.41. The molecule has 0 fully saturated rings. The Hall–Kier alpha value is 1.25. The van der Waals surface area contributed by atoms with Crippen LogP contribution in [-0.4, -0.2) is 8.07 Å². The fourth-order valence-corrected chi connectivity index (χ4v) is 2.19. The van der Waals surface area contributed by atoms with Crippen molar-refractivity contribution in [2.75, 3.05) is 0 Å². The predicted molar refractivity (Wildman–Crippen MR) is 38.2 cm³/mol. The molecule has 0 aromatic rings. The second-order valence-corrected chi connectivity index (χ2v) is 8.89. The van der Waals surface area contributed by atoms with E-state index in [2.05, 4.69) is 19.6 Å². The van der Waals surface area contributed by atoms with Crippen LogP contribution in [0.25, 0.3) is 0 Å². The zero-order valence-corrected chi connectivity index (χ0v) is 10.5. The van der Waals surface area contributed by atoms with Gasteiger partial charge in [0.05, 0.1) is 0 Å². The van der Waals surface area contributed by atoms with Crippen molar-refractivity contribution in [3.05, 3.63) is 6.17 Å². The van der Waals surface area contributed by atoms with Gasteiger partial charge in [0.1, 0.15) is 0 Å². The maximum atomic E-state index is 12.1. The third-order valence-corrected chi connectivity index (χ3v) is 2.32. The van der Waals surface area contributed by atoms with Crippen LogP contribution in [0.1, 0.15) is 6.92 Å². The van der Waals surface area contributed by atoms with Crippen molar-refractivity contribution in [2.45, 2.75) is 32.6 Å². The third kappa shape index (κ3) is 12.4. The molecule has 0 atom stereocenters. The summed E-state index contributed by atoms with van der Waals surface area (Å²) >= 11 is 0. The molecule has 0 rings (SSSR count). The van der Waals surface area contributed by atoms with Gasteiger partial charge in [-0.3, -0.25) is 0 Å². The van der Waals surface area contributed by atoms with Crippen LogP contribution in [0.15, 0.2) is 0 Å². The van der Waals surface area contributed by atoms with Gasteiger partial charge in [0.25, 0.3) is 0 Å². The van der Waals surface area contributed by atoms with E-state index >= 15 is 0 Å². The van der Waals surface area contributed by atoms with Gasteiger partial charge in [-0.15, -0.1) is 0 Å². The monoisotopic (exact) mass is 222 g/mol. The Kier molecular flexibility index (Phi) is 7.12. The molecule has 0 unspecified atom stereocenters. The molecule has 9 heavy (non-hydrogen) atoms. The summed E-state index contributed by atoms with van der Waals surface area (Å²) < 4.78 is 12.1. The van der Waals surface area contributed by atoms with Crippen molar-refractivity contribution in [1.29, 1.82) is 0 Å². The largest absolute Gasteiger partial charge is 0.457 e. The van der Waals surface area contributed by atoms with E-state index in [4.69, 9.17) is 0 Å². The summed E-state index contributed by atoms with van der Waals surface area (Å²) in [5.74, 6) is 0. The van der Waals surface area contributed by atoms with Crippen molar-refractivity contribution in [3.8, 4) is 0 Å². The third-order valence-electron chi connectivity index (χ3n) is 0.774. The Bertz CT molecular complexity index is 67.9. The first-order valence-electron chi connectivity index (χ1n) is 2.90. The van der Waals surface area contributed by atoms with Gasteiger partial charge < -0.3 is 4.39 Å². The summed E-state index contributed by atoms with van der Waals surface area (Å²) in [4.78, 5) is 0. The van der Waals surface area contributed by atoms with Gasteiger partial charge in [0.15, 0.2) is 0 Å². The minimum Gasteiger partial charge on any atom is -0.457 e. The van der Waals surface area contributed by atoms with E-state index in [1.54, 1.807) is 6.92 Å². The van der Waals surface area contributed by atoms with Crippen molar-refractivity contribution >= 4 is 8.07 Å². The Balaban J connectivity index is 0. The van der Waals surface area contributed by atoms with Crippen LogP contribution in [0.5, 0.6) is 0 Å². The van der Waals surface area contributed by atoms with E-state index in [1.807, 2.05) is 0 Å². The van der Waals surface area contributed by atoms with E-state index in [0.717, 1.165) is 0 Å². The number of hydrogen-bond acceptors (Lipinski definition) is 0. The summed E-state index contributed by atoms with van der Waals surface area (Å²) in [6.45, 7) is 8.04. The average Bonchev–Trinajstić information content (AvgIpc) is 1.21. The molecule has 1 radical (unpaired) electrons. The second kappa shape index (κ2) is 4.98. The smallest absolute Gasteiger partial charge is 0.0172 e. The molecular formula is C6H14FSiY-. The zero-order valence-electron chi connectivity index (χ0n) is 6.66. The quantitative estimate of drug-likeness (QED) is 0.497. The fourth-order valence-electron chi connectivity index (χ4n) is 0.731. The summed E-state index contributed by atoms with van der Waals surface area (Å²) in [5.41, 5.74) is 0. The minimum atomic E-state index is -1.13. The molecule has 0 amide bonds. The molecule has 0 aliphatic heterocycles. The van der Waals surface area contributed by atoms with E-state index in [0.29, 0.717) is 6.04 Å². The zero-order chi connectivity index (χ0) is 6.78. The number of halogens is 1. The van der Waals surface area contributed by atoms with Crippen LogP contribution in [0.3, 0.4) is 0 Å². The van der Waals surface area contributed by atoms with E-state index in [-0.39, 0.29) is 38.9 Å². The van der Waals surface area contributed by atoms with Crippen molar-refractivity contribution in [1.82, 2.24) is 0 Å². The molecule has 0 aliphatic carbocycles. The van der Waals surface area contributed by atoms with Crippen molar-refractivity contribution in [3.63, 3.8) is 0 Å². The Labute approximate surface area is 83.5 Å². The molecule has 0 nitrogen and oxygen atoms in total. The van der Waals surface area contributed by atoms with Crippen molar-refractivity contribution < 1.29 is 37.1 Å². The van der Waals surface area contributed by atoms with Gasteiger partial charge in [-0.05, 0) is 0 Å². The van der Waals surface area contributed by atoms with Gasteiger partial charge in [-0.2, -0.15) is 19.1 Å². The Morgan fingerprint density at radius 2 is 1.67 bits per heavy atom. The van der Waals surface area contributed by atoms with E-state index in [9.17, 15) is 4.39 Å². The molecule has 0 N–H and O–H groups in total. The summed E-state index contributed by atoms with van der Waals surface area (Å²) in [5, 5.41) is 0. The van der Waals surface area contributed by atoms with Crippen LogP contribution in [0, 0.1) is 6.17 Å². The SMILES string of the molecule is C[C-](F)C[Si](C)(C)C.[Y]. The van der Waals surface area contributed by atoms with Gasteiger partial charge >= 0.3 is 0 Å². The topological polar surface area (TPSA) is 0 Å². The molecular weight excluding hydrogens is 208 g/mol. The maximum absolute atomic E-state index is 12.1. The summed E-state index contributed by atoms with van der Waals surface area (Å²) in [6, 6.07) is 0.715. The van der Waals surface area contributed by atoms with Crippen LogP contribution >= 0.6 is 0 Å². The standard InChI is InChI=1S/C6H14FSi.Y/c1-6(7)5-8(2,3)4;/h5H2,1-4H3;/q-1;. The minimum absolute atomic E-state index is 0. The molecule has 0 aromatic carbocycles. The Morgan fingerprint density at radius 3 is 1.67 bits per heavy atom.